The van der Waals surface area contributed by atoms with E-state index >= 15 is 0 Å². The highest BCUT2D eigenvalue weighted by molar-refractivity contribution is 7.80. The van der Waals surface area contributed by atoms with Crippen LogP contribution in [0.2, 0.25) is 0 Å². The van der Waals surface area contributed by atoms with E-state index in [4.69, 9.17) is 22.9 Å². The molecule has 0 saturated carbocycles. The number of nitrogens with two attached hydrogens (primary N) is 1. The summed E-state index contributed by atoms with van der Waals surface area (Å²) in [5.41, 5.74) is 11.4. The highest BCUT2D eigenvalue weighted by Crippen LogP contribution is 2.27. The number of pyridine rings is 1. The summed E-state index contributed by atoms with van der Waals surface area (Å²) >= 11 is 5.15. The molecule has 118 valence electrons. The van der Waals surface area contributed by atoms with E-state index in [9.17, 15) is 0 Å². The van der Waals surface area contributed by atoms with Crippen molar-refractivity contribution in [1.82, 2.24) is 14.5 Å². The highest BCUT2D eigenvalue weighted by Gasteiger charge is 2.17. The average molecular weight is 324 g/mol. The third-order valence-electron chi connectivity index (χ3n) is 4.23. The van der Waals surface area contributed by atoms with E-state index in [0.717, 1.165) is 22.4 Å². The second-order valence-electron chi connectivity index (χ2n) is 6.02. The van der Waals surface area contributed by atoms with Crippen LogP contribution in [0.1, 0.15) is 18.1 Å². The standard InChI is InChI=1S/C18H20N4S/c1-11-7-15-16(8-12(11)2)22(10-13(3)17(19)23)18(21-15)14-5-4-6-20-9-14/h4-9,13H,10H2,1-3H3,(H2,19,23). The normalized spacial score (nSPS) is 12.5. The minimum atomic E-state index is 0.0967. The Hall–Kier alpha value is -2.27. The molecule has 1 atom stereocenters. The van der Waals surface area contributed by atoms with Crippen LogP contribution in [0.4, 0.5) is 0 Å². The minimum absolute atomic E-state index is 0.0967. The number of thiocarbonyl (C=S) groups is 1. The lowest BCUT2D eigenvalue weighted by atomic mass is 10.1. The van der Waals surface area contributed by atoms with Crippen molar-refractivity contribution in [3.05, 3.63) is 47.8 Å². The van der Waals surface area contributed by atoms with Crippen LogP contribution in [-0.2, 0) is 6.54 Å². The number of benzene rings is 1. The molecule has 0 aliphatic heterocycles. The smallest absolute Gasteiger partial charge is 0.142 e. The lowest BCUT2D eigenvalue weighted by Crippen LogP contribution is -2.23. The zero-order valence-corrected chi connectivity index (χ0v) is 14.4. The predicted molar refractivity (Wildman–Crippen MR) is 98.4 cm³/mol. The molecular formula is C18H20N4S. The van der Waals surface area contributed by atoms with Gasteiger partial charge >= 0.3 is 0 Å². The summed E-state index contributed by atoms with van der Waals surface area (Å²) in [5, 5.41) is 0. The monoisotopic (exact) mass is 324 g/mol. The van der Waals surface area contributed by atoms with Crippen LogP contribution >= 0.6 is 12.2 Å². The highest BCUT2D eigenvalue weighted by atomic mass is 32.1. The molecule has 2 heterocycles. The first-order valence-corrected chi connectivity index (χ1v) is 8.05. The van der Waals surface area contributed by atoms with Crippen LogP contribution in [0, 0.1) is 19.8 Å². The van der Waals surface area contributed by atoms with Crippen LogP contribution in [0.25, 0.3) is 22.4 Å². The molecule has 1 aromatic carbocycles. The van der Waals surface area contributed by atoms with Crippen molar-refractivity contribution >= 4 is 28.2 Å². The predicted octanol–water partition coefficient (Wildman–Crippen LogP) is 3.64. The Balaban J connectivity index is 2.23. The van der Waals surface area contributed by atoms with Crippen LogP contribution in [0.15, 0.2) is 36.7 Å². The van der Waals surface area contributed by atoms with Crippen LogP contribution < -0.4 is 5.73 Å². The van der Waals surface area contributed by atoms with Gasteiger partial charge < -0.3 is 10.3 Å². The van der Waals surface area contributed by atoms with E-state index in [-0.39, 0.29) is 5.92 Å². The Morgan fingerprint density at radius 1 is 1.30 bits per heavy atom. The van der Waals surface area contributed by atoms with E-state index in [1.807, 2.05) is 25.3 Å². The molecule has 0 fully saturated rings. The van der Waals surface area contributed by atoms with Crippen molar-refractivity contribution in [2.45, 2.75) is 27.3 Å². The van der Waals surface area contributed by atoms with E-state index in [0.29, 0.717) is 11.5 Å². The molecule has 0 bridgehead atoms. The summed E-state index contributed by atoms with van der Waals surface area (Å²) < 4.78 is 2.20. The van der Waals surface area contributed by atoms with Gasteiger partial charge in [-0.05, 0) is 49.2 Å². The maximum atomic E-state index is 5.82. The van der Waals surface area contributed by atoms with E-state index in [1.54, 1.807) is 6.20 Å². The van der Waals surface area contributed by atoms with Crippen molar-refractivity contribution in [2.75, 3.05) is 0 Å². The molecule has 0 spiro atoms. The molecule has 23 heavy (non-hydrogen) atoms. The van der Waals surface area contributed by atoms with Crippen LogP contribution in [0.3, 0.4) is 0 Å². The van der Waals surface area contributed by atoms with Gasteiger partial charge in [-0.15, -0.1) is 0 Å². The lowest BCUT2D eigenvalue weighted by molar-refractivity contribution is 0.617. The SMILES string of the molecule is Cc1cc2nc(-c3cccnc3)n(CC(C)C(N)=S)c2cc1C. The maximum absolute atomic E-state index is 5.82. The van der Waals surface area contributed by atoms with Gasteiger partial charge in [-0.3, -0.25) is 4.98 Å². The van der Waals surface area contributed by atoms with Gasteiger partial charge in [0.1, 0.15) is 5.82 Å². The van der Waals surface area contributed by atoms with Crippen LogP contribution in [-0.4, -0.2) is 19.5 Å². The number of aryl methyl sites for hydroxylation is 2. The Morgan fingerprint density at radius 3 is 2.70 bits per heavy atom. The third-order valence-corrected chi connectivity index (χ3v) is 4.63. The van der Waals surface area contributed by atoms with Gasteiger partial charge in [0.25, 0.3) is 0 Å². The summed E-state index contributed by atoms with van der Waals surface area (Å²) in [5.74, 6) is 1.00. The summed E-state index contributed by atoms with van der Waals surface area (Å²) in [6, 6.07) is 8.26. The molecular weight excluding hydrogens is 304 g/mol. The zero-order valence-electron chi connectivity index (χ0n) is 13.6. The molecule has 0 aliphatic carbocycles. The van der Waals surface area contributed by atoms with Gasteiger partial charge in [0.05, 0.1) is 16.0 Å². The minimum Gasteiger partial charge on any atom is -0.393 e. The number of imidazole rings is 1. The first-order valence-electron chi connectivity index (χ1n) is 7.64. The molecule has 0 amide bonds. The zero-order chi connectivity index (χ0) is 16.6. The fraction of sp³-hybridized carbons (Fsp3) is 0.278. The van der Waals surface area contributed by atoms with Gasteiger partial charge in [-0.2, -0.15) is 0 Å². The van der Waals surface area contributed by atoms with Gasteiger partial charge in [0, 0.05) is 30.4 Å². The number of fused-ring (bicyclic) bond motifs is 1. The largest absolute Gasteiger partial charge is 0.393 e. The Kier molecular flexibility index (Phi) is 4.13. The quantitative estimate of drug-likeness (QED) is 0.745. The fourth-order valence-corrected chi connectivity index (χ4v) is 2.72. The Morgan fingerprint density at radius 2 is 2.04 bits per heavy atom. The van der Waals surface area contributed by atoms with E-state index in [2.05, 4.69) is 35.5 Å². The number of nitrogens with zero attached hydrogens (tertiary/aromatic N) is 3. The topological polar surface area (TPSA) is 56.7 Å². The van der Waals surface area contributed by atoms with Crippen LogP contribution in [0.5, 0.6) is 0 Å². The van der Waals surface area contributed by atoms with Gasteiger partial charge in [0.2, 0.25) is 0 Å². The molecule has 1 unspecified atom stereocenters. The van der Waals surface area contributed by atoms with E-state index < -0.39 is 0 Å². The Bertz CT molecular complexity index is 868. The number of hydrogen-bond donors (Lipinski definition) is 1. The van der Waals surface area contributed by atoms with Gasteiger partial charge in [0.15, 0.2) is 0 Å². The molecule has 2 N–H and O–H groups in total. The number of hydrogen-bond acceptors (Lipinski definition) is 3. The van der Waals surface area contributed by atoms with Gasteiger partial charge in [-0.1, -0.05) is 19.1 Å². The molecule has 3 aromatic rings. The molecule has 0 radical (unpaired) electrons. The summed E-state index contributed by atoms with van der Waals surface area (Å²) in [7, 11) is 0. The number of aromatic nitrogens is 3. The molecule has 0 aliphatic rings. The summed E-state index contributed by atoms with van der Waals surface area (Å²) in [6.45, 7) is 6.98. The first kappa shape index (κ1) is 15.6. The van der Waals surface area contributed by atoms with Crippen molar-refractivity contribution < 1.29 is 0 Å². The van der Waals surface area contributed by atoms with Crippen molar-refractivity contribution in [3.63, 3.8) is 0 Å². The third kappa shape index (κ3) is 2.97. The van der Waals surface area contributed by atoms with E-state index in [1.165, 1.54) is 11.1 Å². The van der Waals surface area contributed by atoms with Gasteiger partial charge in [-0.25, -0.2) is 4.98 Å². The summed E-state index contributed by atoms with van der Waals surface area (Å²) in [4.78, 5) is 9.58. The first-order chi connectivity index (χ1) is 11.0. The average Bonchev–Trinajstić information content (AvgIpc) is 2.86. The molecule has 5 heteroatoms. The Labute approximate surface area is 141 Å². The molecule has 2 aromatic heterocycles. The van der Waals surface area contributed by atoms with Crippen molar-refractivity contribution in [1.29, 1.82) is 0 Å². The molecule has 4 nitrogen and oxygen atoms in total. The second-order valence-corrected chi connectivity index (χ2v) is 6.49. The molecule has 0 saturated heterocycles. The number of rotatable bonds is 4. The maximum Gasteiger partial charge on any atom is 0.142 e. The fourth-order valence-electron chi connectivity index (χ4n) is 2.64. The second kappa shape index (κ2) is 6.08. The summed E-state index contributed by atoms with van der Waals surface area (Å²) in [6.07, 6.45) is 3.60. The van der Waals surface area contributed by atoms with Crippen molar-refractivity contribution in [3.8, 4) is 11.4 Å². The molecule has 3 rings (SSSR count). The van der Waals surface area contributed by atoms with Crippen molar-refractivity contribution in [2.24, 2.45) is 11.7 Å². The lowest BCUT2D eigenvalue weighted by Gasteiger charge is -2.14.